The summed E-state index contributed by atoms with van der Waals surface area (Å²) >= 11 is 0. The minimum atomic E-state index is -0.126. The second-order valence-corrected chi connectivity index (χ2v) is 3.97. The van der Waals surface area contributed by atoms with Crippen molar-refractivity contribution in [3.05, 3.63) is 34.9 Å². The van der Waals surface area contributed by atoms with Gasteiger partial charge in [0.15, 0.2) is 0 Å². The van der Waals surface area contributed by atoms with E-state index in [2.05, 4.69) is 20.6 Å². The van der Waals surface area contributed by atoms with E-state index in [9.17, 15) is 4.79 Å². The van der Waals surface area contributed by atoms with Gasteiger partial charge in [-0.15, -0.1) is 0 Å². The molecule has 0 radical (unpaired) electrons. The summed E-state index contributed by atoms with van der Waals surface area (Å²) in [4.78, 5) is 11.9. The molecule has 0 unspecified atom stereocenters. The van der Waals surface area contributed by atoms with Crippen LogP contribution in [0.15, 0.2) is 12.3 Å². The van der Waals surface area contributed by atoms with E-state index in [1.807, 2.05) is 26.2 Å². The molecule has 0 bridgehead atoms. The Morgan fingerprint density at radius 3 is 2.82 bits per heavy atom. The number of amides is 1. The summed E-state index contributed by atoms with van der Waals surface area (Å²) < 4.78 is 1.70. The number of H-pyrrole nitrogens is 1. The number of rotatable bonds is 3. The molecule has 90 valence electrons. The molecule has 2 N–H and O–H groups in total. The predicted octanol–water partition coefficient (Wildman–Crippen LogP) is 0.690. The third-order valence-corrected chi connectivity index (χ3v) is 2.55. The first-order valence-electron chi connectivity index (χ1n) is 5.36. The van der Waals surface area contributed by atoms with E-state index in [0.29, 0.717) is 17.8 Å². The van der Waals surface area contributed by atoms with Crippen molar-refractivity contribution < 1.29 is 4.79 Å². The maximum Gasteiger partial charge on any atom is 0.255 e. The van der Waals surface area contributed by atoms with Gasteiger partial charge in [0.05, 0.1) is 23.5 Å². The number of aryl methyl sites for hydroxylation is 3. The Hall–Kier alpha value is -2.11. The van der Waals surface area contributed by atoms with E-state index in [4.69, 9.17) is 0 Å². The van der Waals surface area contributed by atoms with E-state index < -0.39 is 0 Å². The number of hydrogen-bond acceptors (Lipinski definition) is 3. The zero-order valence-electron chi connectivity index (χ0n) is 10.1. The fourth-order valence-corrected chi connectivity index (χ4v) is 1.70. The highest BCUT2D eigenvalue weighted by Crippen LogP contribution is 2.08. The molecule has 17 heavy (non-hydrogen) atoms. The highest BCUT2D eigenvalue weighted by Gasteiger charge is 2.14. The Bertz CT molecular complexity index is 520. The minimum Gasteiger partial charge on any atom is -0.346 e. The van der Waals surface area contributed by atoms with E-state index in [-0.39, 0.29) is 5.91 Å². The Balaban J connectivity index is 2.03. The molecule has 0 aliphatic carbocycles. The quantitative estimate of drug-likeness (QED) is 0.819. The first kappa shape index (κ1) is 11.4. The zero-order chi connectivity index (χ0) is 12.4. The highest BCUT2D eigenvalue weighted by atomic mass is 16.1. The molecular formula is C11H15N5O. The molecule has 0 aliphatic heterocycles. The van der Waals surface area contributed by atoms with Crippen LogP contribution in [0.5, 0.6) is 0 Å². The van der Waals surface area contributed by atoms with Gasteiger partial charge in [-0.05, 0) is 19.9 Å². The van der Waals surface area contributed by atoms with Gasteiger partial charge in [-0.1, -0.05) is 0 Å². The molecule has 0 aliphatic rings. The van der Waals surface area contributed by atoms with Crippen molar-refractivity contribution in [1.82, 2.24) is 25.3 Å². The Morgan fingerprint density at radius 1 is 1.53 bits per heavy atom. The molecule has 2 aromatic heterocycles. The highest BCUT2D eigenvalue weighted by molar-refractivity contribution is 5.96. The van der Waals surface area contributed by atoms with Gasteiger partial charge in [0, 0.05) is 18.9 Å². The van der Waals surface area contributed by atoms with Crippen molar-refractivity contribution in [3.8, 4) is 0 Å². The lowest BCUT2D eigenvalue weighted by Gasteiger charge is -2.03. The van der Waals surface area contributed by atoms with Crippen LogP contribution in [0.2, 0.25) is 0 Å². The molecule has 0 atom stereocenters. The number of carbonyl (C=O) groups is 1. The lowest BCUT2D eigenvalue weighted by atomic mass is 10.2. The van der Waals surface area contributed by atoms with Gasteiger partial charge in [-0.25, -0.2) is 0 Å². The topological polar surface area (TPSA) is 75.6 Å². The lowest BCUT2D eigenvalue weighted by molar-refractivity contribution is 0.0949. The van der Waals surface area contributed by atoms with Crippen molar-refractivity contribution in [2.75, 3.05) is 0 Å². The number of carbonyl (C=O) groups excluding carboxylic acids is 1. The van der Waals surface area contributed by atoms with Gasteiger partial charge in [-0.2, -0.15) is 10.2 Å². The molecule has 2 rings (SSSR count). The normalized spacial score (nSPS) is 10.5. The van der Waals surface area contributed by atoms with Crippen LogP contribution in [0.1, 0.15) is 27.4 Å². The van der Waals surface area contributed by atoms with Gasteiger partial charge in [0.2, 0.25) is 0 Å². The second kappa shape index (κ2) is 4.40. The fourth-order valence-electron chi connectivity index (χ4n) is 1.70. The van der Waals surface area contributed by atoms with Crippen molar-refractivity contribution in [2.45, 2.75) is 20.4 Å². The third-order valence-electron chi connectivity index (χ3n) is 2.55. The van der Waals surface area contributed by atoms with Crippen molar-refractivity contribution in [2.24, 2.45) is 7.05 Å². The van der Waals surface area contributed by atoms with Crippen LogP contribution in [-0.2, 0) is 13.6 Å². The summed E-state index contributed by atoms with van der Waals surface area (Å²) in [5.41, 5.74) is 2.93. The molecule has 2 aromatic rings. The molecule has 2 heterocycles. The van der Waals surface area contributed by atoms with Crippen LogP contribution in [0.3, 0.4) is 0 Å². The van der Waals surface area contributed by atoms with E-state index in [1.165, 1.54) is 0 Å². The zero-order valence-corrected chi connectivity index (χ0v) is 10.1. The molecule has 0 spiro atoms. The summed E-state index contributed by atoms with van der Waals surface area (Å²) in [5.74, 6) is -0.126. The van der Waals surface area contributed by atoms with E-state index >= 15 is 0 Å². The molecule has 1 amide bonds. The van der Waals surface area contributed by atoms with E-state index in [1.54, 1.807) is 11.6 Å². The Labute approximate surface area is 99.0 Å². The number of nitrogens with one attached hydrogen (secondary N) is 2. The van der Waals surface area contributed by atoms with Crippen LogP contribution in [0, 0.1) is 13.8 Å². The van der Waals surface area contributed by atoms with Gasteiger partial charge in [0.1, 0.15) is 0 Å². The molecule has 0 aromatic carbocycles. The number of aromatic amines is 1. The summed E-state index contributed by atoms with van der Waals surface area (Å²) in [7, 11) is 1.84. The smallest absolute Gasteiger partial charge is 0.255 e. The summed E-state index contributed by atoms with van der Waals surface area (Å²) in [6.07, 6.45) is 1.84. The summed E-state index contributed by atoms with van der Waals surface area (Å²) in [6.45, 7) is 4.05. The first-order chi connectivity index (χ1) is 8.08. The third kappa shape index (κ3) is 2.35. The van der Waals surface area contributed by atoms with Crippen LogP contribution >= 0.6 is 0 Å². The largest absolute Gasteiger partial charge is 0.346 e. The monoisotopic (exact) mass is 233 g/mol. The van der Waals surface area contributed by atoms with Crippen molar-refractivity contribution in [1.29, 1.82) is 0 Å². The second-order valence-electron chi connectivity index (χ2n) is 3.97. The van der Waals surface area contributed by atoms with Gasteiger partial charge >= 0.3 is 0 Å². The van der Waals surface area contributed by atoms with Crippen LogP contribution in [0.4, 0.5) is 0 Å². The number of nitrogens with zero attached hydrogens (tertiary/aromatic N) is 3. The van der Waals surface area contributed by atoms with Crippen molar-refractivity contribution in [3.63, 3.8) is 0 Å². The van der Waals surface area contributed by atoms with Gasteiger partial charge < -0.3 is 5.32 Å². The molecule has 6 heteroatoms. The van der Waals surface area contributed by atoms with Gasteiger partial charge in [0.25, 0.3) is 5.91 Å². The fraction of sp³-hybridized carbons (Fsp3) is 0.364. The average Bonchev–Trinajstić information content (AvgIpc) is 2.83. The molecule has 0 saturated heterocycles. The Morgan fingerprint density at radius 2 is 2.29 bits per heavy atom. The molecule has 0 saturated carbocycles. The molecule has 0 fully saturated rings. The number of aromatic nitrogens is 4. The maximum atomic E-state index is 11.9. The molecular weight excluding hydrogens is 218 g/mol. The SMILES string of the molecule is Cc1n[nH]c(C)c1C(=O)NCc1ccn(C)n1. The lowest BCUT2D eigenvalue weighted by Crippen LogP contribution is -2.24. The Kier molecular flexibility index (Phi) is 2.95. The first-order valence-corrected chi connectivity index (χ1v) is 5.36. The average molecular weight is 233 g/mol. The van der Waals surface area contributed by atoms with E-state index in [0.717, 1.165) is 11.4 Å². The summed E-state index contributed by atoms with van der Waals surface area (Å²) in [5, 5.41) is 13.8. The number of hydrogen-bond donors (Lipinski definition) is 2. The standard InChI is InChI=1S/C11H15N5O/c1-7-10(8(2)14-13-7)11(17)12-6-9-4-5-16(3)15-9/h4-5H,6H2,1-3H3,(H,12,17)(H,13,14). The van der Waals surface area contributed by atoms with Gasteiger partial charge in [-0.3, -0.25) is 14.6 Å². The van der Waals surface area contributed by atoms with Crippen LogP contribution in [0.25, 0.3) is 0 Å². The summed E-state index contributed by atoms with van der Waals surface area (Å²) in [6, 6.07) is 1.87. The maximum absolute atomic E-state index is 11.9. The van der Waals surface area contributed by atoms with Crippen LogP contribution in [-0.4, -0.2) is 25.9 Å². The molecule has 6 nitrogen and oxygen atoms in total. The predicted molar refractivity (Wildman–Crippen MR) is 62.4 cm³/mol. The van der Waals surface area contributed by atoms with Crippen molar-refractivity contribution >= 4 is 5.91 Å². The van der Waals surface area contributed by atoms with Crippen LogP contribution < -0.4 is 5.32 Å². The minimum absolute atomic E-state index is 0.126.